The molecule has 0 aliphatic carbocycles. The van der Waals surface area contributed by atoms with E-state index in [9.17, 15) is 0 Å². The molecule has 6 heteroatoms. The zero-order valence-corrected chi connectivity index (χ0v) is 15.7. The van der Waals surface area contributed by atoms with E-state index < -0.39 is 5.95 Å². The summed E-state index contributed by atoms with van der Waals surface area (Å²) in [5.74, 6) is -0.440. The highest BCUT2D eigenvalue weighted by atomic mass is 35.5. The normalized spacial score (nSPS) is 10.9. The first-order chi connectivity index (χ1) is 12.5. The molecule has 0 fully saturated rings. The number of rotatable bonds is 7. The van der Waals surface area contributed by atoms with Gasteiger partial charge in [0.2, 0.25) is 5.95 Å². The van der Waals surface area contributed by atoms with Crippen molar-refractivity contribution in [3.8, 4) is 0 Å². The van der Waals surface area contributed by atoms with E-state index in [2.05, 4.69) is 29.1 Å². The molecule has 1 aromatic carbocycles. The number of aromatic nitrogens is 2. The summed E-state index contributed by atoms with van der Waals surface area (Å²) in [5.41, 5.74) is 3.97. The van der Waals surface area contributed by atoms with Crippen LogP contribution in [0.2, 0.25) is 5.02 Å². The molecule has 26 heavy (non-hydrogen) atoms. The van der Waals surface area contributed by atoms with Crippen LogP contribution in [0.4, 0.5) is 15.8 Å². The van der Waals surface area contributed by atoms with Gasteiger partial charge in [-0.1, -0.05) is 37.6 Å². The average Bonchev–Trinajstić information content (AvgIpc) is 3.08. The Bertz CT molecular complexity index is 948. The molecule has 0 saturated heterocycles. The second kappa shape index (κ2) is 7.79. The largest absolute Gasteiger partial charge is 0.385 e. The smallest absolute Gasteiger partial charge is 0.223 e. The zero-order valence-electron chi connectivity index (χ0n) is 14.9. The number of benzene rings is 1. The van der Waals surface area contributed by atoms with Gasteiger partial charge in [0.05, 0.1) is 22.4 Å². The average molecular weight is 373 g/mol. The van der Waals surface area contributed by atoms with Crippen LogP contribution in [0.5, 0.6) is 0 Å². The number of hydrogen-bond donors (Lipinski definition) is 2. The number of anilines is 2. The van der Waals surface area contributed by atoms with E-state index in [1.165, 1.54) is 10.7 Å². The number of halogens is 2. The van der Waals surface area contributed by atoms with Gasteiger partial charge in [-0.25, -0.2) is 4.98 Å². The standard InChI is InChI=1S/C20H22ClFN4/c1-4-5-8-24-14(3)16-10-15-11-23-12-26(15)20(22)19(16)25-18-7-6-13(2)9-17(18)21/h6-7,9-12,24-25H,3-5,8H2,1-2H3. The molecule has 136 valence electrons. The zero-order chi connectivity index (χ0) is 18.7. The molecule has 0 atom stereocenters. The van der Waals surface area contributed by atoms with Gasteiger partial charge in [-0.05, 0) is 37.1 Å². The molecule has 0 spiro atoms. The minimum absolute atomic E-state index is 0.315. The maximum atomic E-state index is 15.2. The monoisotopic (exact) mass is 372 g/mol. The highest BCUT2D eigenvalue weighted by Gasteiger charge is 2.17. The fourth-order valence-corrected chi connectivity index (χ4v) is 3.03. The number of imidazole rings is 1. The molecular formula is C20H22ClFN4. The van der Waals surface area contributed by atoms with Gasteiger partial charge >= 0.3 is 0 Å². The van der Waals surface area contributed by atoms with E-state index in [1.807, 2.05) is 31.2 Å². The first kappa shape index (κ1) is 18.3. The van der Waals surface area contributed by atoms with Crippen molar-refractivity contribution in [2.75, 3.05) is 11.9 Å². The summed E-state index contributed by atoms with van der Waals surface area (Å²) >= 11 is 6.32. The van der Waals surface area contributed by atoms with Crippen molar-refractivity contribution >= 4 is 34.2 Å². The maximum absolute atomic E-state index is 15.2. The van der Waals surface area contributed by atoms with Crippen molar-refractivity contribution in [2.24, 2.45) is 0 Å². The minimum atomic E-state index is -0.440. The molecule has 3 rings (SSSR count). The molecule has 0 aliphatic rings. The van der Waals surface area contributed by atoms with E-state index in [0.29, 0.717) is 33.2 Å². The minimum Gasteiger partial charge on any atom is -0.385 e. The summed E-state index contributed by atoms with van der Waals surface area (Å²) in [4.78, 5) is 4.03. The van der Waals surface area contributed by atoms with Crippen molar-refractivity contribution < 1.29 is 4.39 Å². The predicted molar refractivity (Wildman–Crippen MR) is 107 cm³/mol. The topological polar surface area (TPSA) is 41.4 Å². The molecule has 0 bridgehead atoms. The number of nitrogens with zero attached hydrogens (tertiary/aromatic N) is 2. The van der Waals surface area contributed by atoms with Crippen molar-refractivity contribution in [3.05, 3.63) is 65.5 Å². The number of aryl methyl sites for hydroxylation is 1. The summed E-state index contributed by atoms with van der Waals surface area (Å²) in [6, 6.07) is 7.47. The van der Waals surface area contributed by atoms with Crippen LogP contribution in [0, 0.1) is 12.9 Å². The summed E-state index contributed by atoms with van der Waals surface area (Å²) in [7, 11) is 0. The highest BCUT2D eigenvalue weighted by molar-refractivity contribution is 6.33. The lowest BCUT2D eigenvalue weighted by molar-refractivity contribution is 0.571. The van der Waals surface area contributed by atoms with Crippen LogP contribution >= 0.6 is 11.6 Å². The van der Waals surface area contributed by atoms with Crippen molar-refractivity contribution in [2.45, 2.75) is 26.7 Å². The Hall–Kier alpha value is -2.53. The number of hydrogen-bond acceptors (Lipinski definition) is 3. The summed E-state index contributed by atoms with van der Waals surface area (Å²) < 4.78 is 16.6. The van der Waals surface area contributed by atoms with E-state index in [1.54, 1.807) is 6.20 Å². The fourth-order valence-electron chi connectivity index (χ4n) is 2.75. The van der Waals surface area contributed by atoms with E-state index >= 15 is 4.39 Å². The molecule has 2 N–H and O–H groups in total. The maximum Gasteiger partial charge on any atom is 0.223 e. The van der Waals surface area contributed by atoms with Gasteiger partial charge < -0.3 is 10.6 Å². The molecule has 0 unspecified atom stereocenters. The Kier molecular flexibility index (Phi) is 5.47. The Morgan fingerprint density at radius 2 is 2.15 bits per heavy atom. The molecule has 4 nitrogen and oxygen atoms in total. The Labute approximate surface area is 157 Å². The fraction of sp³-hybridized carbons (Fsp3) is 0.250. The molecule has 0 aliphatic heterocycles. The predicted octanol–water partition coefficient (Wildman–Crippen LogP) is 5.54. The van der Waals surface area contributed by atoms with Crippen LogP contribution in [0.25, 0.3) is 11.2 Å². The number of fused-ring (bicyclic) bond motifs is 1. The van der Waals surface area contributed by atoms with Gasteiger partial charge in [-0.15, -0.1) is 0 Å². The van der Waals surface area contributed by atoms with E-state index in [-0.39, 0.29) is 0 Å². The van der Waals surface area contributed by atoms with Crippen LogP contribution in [0.1, 0.15) is 30.9 Å². The molecule has 2 aromatic heterocycles. The lowest BCUT2D eigenvalue weighted by Gasteiger charge is -2.18. The van der Waals surface area contributed by atoms with Crippen LogP contribution in [0.15, 0.2) is 43.4 Å². The second-order valence-corrected chi connectivity index (χ2v) is 6.69. The summed E-state index contributed by atoms with van der Waals surface area (Å²) in [6.07, 6.45) is 5.15. The van der Waals surface area contributed by atoms with Crippen LogP contribution in [-0.2, 0) is 0 Å². The molecule has 0 radical (unpaired) electrons. The first-order valence-corrected chi connectivity index (χ1v) is 9.00. The Morgan fingerprint density at radius 3 is 2.88 bits per heavy atom. The number of unbranched alkanes of at least 4 members (excludes halogenated alkanes) is 1. The summed E-state index contributed by atoms with van der Waals surface area (Å²) in [5, 5.41) is 6.94. The van der Waals surface area contributed by atoms with Crippen LogP contribution < -0.4 is 10.6 Å². The van der Waals surface area contributed by atoms with Gasteiger partial charge in [0.25, 0.3) is 0 Å². The lowest BCUT2D eigenvalue weighted by atomic mass is 10.1. The van der Waals surface area contributed by atoms with Crippen LogP contribution in [0.3, 0.4) is 0 Å². The summed E-state index contributed by atoms with van der Waals surface area (Å²) in [6.45, 7) is 8.95. The third-order valence-electron chi connectivity index (χ3n) is 4.22. The lowest BCUT2D eigenvalue weighted by Crippen LogP contribution is -2.15. The van der Waals surface area contributed by atoms with Gasteiger partial charge in [0.15, 0.2) is 0 Å². The SMILES string of the molecule is C=C(NCCCC)c1cc2cncn2c(F)c1Nc1ccc(C)cc1Cl. The second-order valence-electron chi connectivity index (χ2n) is 6.28. The first-order valence-electron chi connectivity index (χ1n) is 8.62. The third-order valence-corrected chi connectivity index (χ3v) is 4.54. The molecule has 3 aromatic rings. The molecule has 0 saturated carbocycles. The quantitative estimate of drug-likeness (QED) is 0.422. The van der Waals surface area contributed by atoms with Gasteiger partial charge in [0, 0.05) is 17.8 Å². The van der Waals surface area contributed by atoms with Crippen molar-refractivity contribution in [1.29, 1.82) is 0 Å². The Balaban J connectivity index is 2.04. The van der Waals surface area contributed by atoms with Crippen LogP contribution in [-0.4, -0.2) is 15.9 Å². The van der Waals surface area contributed by atoms with Gasteiger partial charge in [0.1, 0.15) is 12.0 Å². The highest BCUT2D eigenvalue weighted by Crippen LogP contribution is 2.33. The van der Waals surface area contributed by atoms with E-state index in [0.717, 1.165) is 24.9 Å². The van der Waals surface area contributed by atoms with Crippen molar-refractivity contribution in [3.63, 3.8) is 0 Å². The van der Waals surface area contributed by atoms with E-state index in [4.69, 9.17) is 11.6 Å². The molecule has 0 amide bonds. The molecular weight excluding hydrogens is 351 g/mol. The number of nitrogens with one attached hydrogen (secondary N) is 2. The van der Waals surface area contributed by atoms with Crippen molar-refractivity contribution in [1.82, 2.24) is 14.7 Å². The van der Waals surface area contributed by atoms with Gasteiger partial charge in [-0.3, -0.25) is 4.40 Å². The Morgan fingerprint density at radius 1 is 1.35 bits per heavy atom. The number of pyridine rings is 1. The third kappa shape index (κ3) is 3.68. The molecule has 2 heterocycles. The van der Waals surface area contributed by atoms with Gasteiger partial charge in [-0.2, -0.15) is 4.39 Å².